The summed E-state index contributed by atoms with van der Waals surface area (Å²) in [7, 11) is -3.21. The molecule has 7 nitrogen and oxygen atoms in total. The highest BCUT2D eigenvalue weighted by Gasteiger charge is 2.24. The van der Waals surface area contributed by atoms with E-state index in [1.165, 1.54) is 6.26 Å². The van der Waals surface area contributed by atoms with Gasteiger partial charge in [-0.3, -0.25) is 4.98 Å². The van der Waals surface area contributed by atoms with Crippen LogP contribution in [-0.2, 0) is 14.6 Å². The Bertz CT molecular complexity index is 964. The van der Waals surface area contributed by atoms with Crippen LogP contribution in [0, 0.1) is 11.8 Å². The number of ether oxygens (including phenoxy) is 2. The molecule has 1 fully saturated rings. The lowest BCUT2D eigenvalue weighted by molar-refractivity contribution is 0.0733. The Balaban J connectivity index is 1.46. The van der Waals surface area contributed by atoms with E-state index in [4.69, 9.17) is 9.47 Å². The molecule has 8 heteroatoms. The number of hydrogen-bond acceptors (Lipinski definition) is 6. The van der Waals surface area contributed by atoms with Gasteiger partial charge in [0, 0.05) is 24.9 Å². The molecule has 2 heterocycles. The summed E-state index contributed by atoms with van der Waals surface area (Å²) in [5.74, 6) is 1.41. The average Bonchev–Trinajstić information content (AvgIpc) is 2.76. The van der Waals surface area contributed by atoms with Crippen molar-refractivity contribution in [1.29, 1.82) is 0 Å². The fourth-order valence-corrected chi connectivity index (χ4v) is 3.97. The van der Waals surface area contributed by atoms with Gasteiger partial charge >= 0.3 is 6.09 Å². The molecule has 2 aromatic rings. The zero-order valence-corrected chi connectivity index (χ0v) is 19.1. The van der Waals surface area contributed by atoms with Crippen LogP contribution in [0.4, 0.5) is 4.79 Å². The number of nitrogens with zero attached hydrogens (tertiary/aromatic N) is 2. The van der Waals surface area contributed by atoms with E-state index in [0.717, 1.165) is 24.1 Å². The fraction of sp³-hybridized carbons (Fsp3) is 0.478. The number of amides is 1. The van der Waals surface area contributed by atoms with Crippen LogP contribution in [0.15, 0.2) is 47.5 Å². The Kier molecular flexibility index (Phi) is 7.54. The van der Waals surface area contributed by atoms with Crippen molar-refractivity contribution in [3.63, 3.8) is 0 Å². The minimum atomic E-state index is -3.21. The highest BCUT2D eigenvalue weighted by molar-refractivity contribution is 7.90. The molecule has 0 radical (unpaired) electrons. The second kappa shape index (κ2) is 10.1. The number of benzene rings is 1. The van der Waals surface area contributed by atoms with Gasteiger partial charge in [-0.15, -0.1) is 0 Å². The van der Waals surface area contributed by atoms with Gasteiger partial charge in [-0.1, -0.05) is 26.0 Å². The van der Waals surface area contributed by atoms with Crippen molar-refractivity contribution in [1.82, 2.24) is 9.88 Å². The lowest BCUT2D eigenvalue weighted by Crippen LogP contribution is -2.40. The molecule has 0 N–H and O–H groups in total. The topological polar surface area (TPSA) is 85.8 Å². The molecule has 1 aliphatic heterocycles. The number of sulfone groups is 1. The minimum Gasteiger partial charge on any atom is -0.492 e. The van der Waals surface area contributed by atoms with Crippen LogP contribution in [0.1, 0.15) is 26.7 Å². The summed E-state index contributed by atoms with van der Waals surface area (Å²) >= 11 is 0. The number of carbonyl (C=O) groups is 1. The normalized spacial score (nSPS) is 15.2. The summed E-state index contributed by atoms with van der Waals surface area (Å²) in [5, 5.41) is 0. The first-order valence-corrected chi connectivity index (χ1v) is 12.4. The Morgan fingerprint density at radius 1 is 1.13 bits per heavy atom. The summed E-state index contributed by atoms with van der Waals surface area (Å²) in [6.45, 7) is 6.45. The average molecular weight is 447 g/mol. The highest BCUT2D eigenvalue weighted by Crippen LogP contribution is 2.23. The molecule has 0 saturated carbocycles. The molecular weight excluding hydrogens is 416 g/mol. The third-order valence-electron chi connectivity index (χ3n) is 5.21. The third-order valence-corrected chi connectivity index (χ3v) is 6.34. The molecule has 0 unspecified atom stereocenters. The van der Waals surface area contributed by atoms with E-state index in [9.17, 15) is 13.2 Å². The van der Waals surface area contributed by atoms with Gasteiger partial charge in [0.25, 0.3) is 0 Å². The van der Waals surface area contributed by atoms with Gasteiger partial charge in [-0.25, -0.2) is 13.2 Å². The van der Waals surface area contributed by atoms with Crippen molar-refractivity contribution in [2.45, 2.75) is 31.6 Å². The van der Waals surface area contributed by atoms with Crippen molar-refractivity contribution in [2.75, 3.05) is 32.6 Å². The SMILES string of the molecule is CC(C)COC(=O)N1CCC(COc2ccc(-c3ccc(S(C)(=O)=O)cc3)nc2)CC1. The van der Waals surface area contributed by atoms with E-state index in [2.05, 4.69) is 4.98 Å². The maximum Gasteiger partial charge on any atom is 0.409 e. The molecule has 31 heavy (non-hydrogen) atoms. The van der Waals surface area contributed by atoms with E-state index >= 15 is 0 Å². The van der Waals surface area contributed by atoms with Crippen LogP contribution in [0.25, 0.3) is 11.3 Å². The molecule has 168 valence electrons. The van der Waals surface area contributed by atoms with E-state index < -0.39 is 9.84 Å². The van der Waals surface area contributed by atoms with Gasteiger partial charge < -0.3 is 14.4 Å². The van der Waals surface area contributed by atoms with Crippen LogP contribution in [-0.4, -0.2) is 57.0 Å². The molecule has 1 aromatic carbocycles. The maximum atomic E-state index is 12.0. The zero-order chi connectivity index (χ0) is 22.4. The molecule has 3 rings (SSSR count). The zero-order valence-electron chi connectivity index (χ0n) is 18.3. The highest BCUT2D eigenvalue weighted by atomic mass is 32.2. The van der Waals surface area contributed by atoms with E-state index in [1.807, 2.05) is 26.0 Å². The fourth-order valence-electron chi connectivity index (χ4n) is 3.33. The Hall–Kier alpha value is -2.61. The standard InChI is InChI=1S/C23H30N2O5S/c1-17(2)15-30-23(26)25-12-10-18(11-13-25)16-29-20-6-9-22(24-14-20)19-4-7-21(8-5-19)31(3,27)28/h4-9,14,17-18H,10-13,15-16H2,1-3H3. The predicted molar refractivity (Wildman–Crippen MR) is 119 cm³/mol. The molecule has 1 saturated heterocycles. The third kappa shape index (κ3) is 6.69. The van der Waals surface area contributed by atoms with Gasteiger partial charge in [-0.2, -0.15) is 0 Å². The Morgan fingerprint density at radius 3 is 2.35 bits per heavy atom. The quantitative estimate of drug-likeness (QED) is 0.638. The van der Waals surface area contributed by atoms with Gasteiger partial charge in [0.1, 0.15) is 5.75 Å². The van der Waals surface area contributed by atoms with Gasteiger partial charge in [-0.05, 0) is 48.9 Å². The van der Waals surface area contributed by atoms with Gasteiger partial charge in [0.15, 0.2) is 9.84 Å². The molecule has 1 amide bonds. The lowest BCUT2D eigenvalue weighted by atomic mass is 9.98. The number of pyridine rings is 1. The number of hydrogen-bond donors (Lipinski definition) is 0. The monoisotopic (exact) mass is 446 g/mol. The largest absolute Gasteiger partial charge is 0.492 e. The number of likely N-dealkylation sites (tertiary alicyclic amines) is 1. The van der Waals surface area contributed by atoms with E-state index in [0.29, 0.717) is 43.9 Å². The van der Waals surface area contributed by atoms with Crippen LogP contribution in [0.3, 0.4) is 0 Å². The molecule has 0 bridgehead atoms. The number of piperidine rings is 1. The summed E-state index contributed by atoms with van der Waals surface area (Å²) in [5.41, 5.74) is 1.59. The van der Waals surface area contributed by atoms with Crippen LogP contribution in [0.5, 0.6) is 5.75 Å². The number of rotatable bonds is 7. The first-order chi connectivity index (χ1) is 14.7. The molecule has 0 atom stereocenters. The minimum absolute atomic E-state index is 0.225. The van der Waals surface area contributed by atoms with Gasteiger partial charge in [0.05, 0.1) is 30.0 Å². The lowest BCUT2D eigenvalue weighted by Gasteiger charge is -2.31. The van der Waals surface area contributed by atoms with Crippen LogP contribution >= 0.6 is 0 Å². The van der Waals surface area contributed by atoms with Crippen LogP contribution < -0.4 is 4.74 Å². The second-order valence-electron chi connectivity index (χ2n) is 8.39. The van der Waals surface area contributed by atoms with Crippen molar-refractivity contribution in [3.8, 4) is 17.0 Å². The molecule has 1 aliphatic rings. The molecule has 0 aliphatic carbocycles. The predicted octanol–water partition coefficient (Wildman–Crippen LogP) is 4.04. The Morgan fingerprint density at radius 2 is 1.81 bits per heavy atom. The second-order valence-corrected chi connectivity index (χ2v) is 10.4. The molecular formula is C23H30N2O5S. The number of aromatic nitrogens is 1. The van der Waals surface area contributed by atoms with E-state index in [-0.39, 0.29) is 11.0 Å². The van der Waals surface area contributed by atoms with Gasteiger partial charge in [0.2, 0.25) is 0 Å². The summed E-state index contributed by atoms with van der Waals surface area (Å²) in [6.07, 6.45) is 4.41. The van der Waals surface area contributed by atoms with Crippen molar-refractivity contribution in [3.05, 3.63) is 42.6 Å². The van der Waals surface area contributed by atoms with E-state index in [1.54, 1.807) is 35.4 Å². The molecule has 0 spiro atoms. The maximum absolute atomic E-state index is 12.0. The Labute approximate surface area is 184 Å². The first kappa shape index (κ1) is 23.1. The summed E-state index contributed by atoms with van der Waals surface area (Å²) in [4.78, 5) is 18.5. The van der Waals surface area contributed by atoms with Crippen molar-refractivity contribution in [2.24, 2.45) is 11.8 Å². The summed E-state index contributed by atoms with van der Waals surface area (Å²) < 4.78 is 34.3. The first-order valence-electron chi connectivity index (χ1n) is 10.5. The number of carbonyl (C=O) groups excluding carboxylic acids is 1. The smallest absolute Gasteiger partial charge is 0.409 e. The van der Waals surface area contributed by atoms with Crippen molar-refractivity contribution >= 4 is 15.9 Å². The van der Waals surface area contributed by atoms with Crippen LogP contribution in [0.2, 0.25) is 0 Å². The van der Waals surface area contributed by atoms with Crippen molar-refractivity contribution < 1.29 is 22.7 Å². The molecule has 1 aromatic heterocycles. The summed E-state index contributed by atoms with van der Waals surface area (Å²) in [6, 6.07) is 10.4.